The zero-order chi connectivity index (χ0) is 14.8. The van der Waals surface area contributed by atoms with E-state index in [0.717, 1.165) is 5.56 Å². The lowest BCUT2D eigenvalue weighted by atomic mass is 9.89. The molecule has 4 heteroatoms. The maximum Gasteiger partial charge on any atom is 0.259 e. The number of carbonyl (C=O) groups excluding carboxylic acids is 2. The second-order valence-electron chi connectivity index (χ2n) is 4.88. The number of hydrazone groups is 1. The molecule has 0 saturated heterocycles. The predicted molar refractivity (Wildman–Crippen MR) is 80.0 cm³/mol. The molecule has 0 aliphatic carbocycles. The molecule has 0 spiro atoms. The molecule has 4 nitrogen and oxygen atoms in total. The molecule has 0 aromatic heterocycles. The number of amides is 1. The summed E-state index contributed by atoms with van der Waals surface area (Å²) in [6.07, 6.45) is 0. The van der Waals surface area contributed by atoms with E-state index < -0.39 is 5.92 Å². The Bertz CT molecular complexity index is 708. The number of carbonyl (C=O) groups is 2. The summed E-state index contributed by atoms with van der Waals surface area (Å²) < 4.78 is 0. The summed E-state index contributed by atoms with van der Waals surface area (Å²) in [6, 6.07) is 18.2. The number of hydrogen-bond acceptors (Lipinski definition) is 3. The Morgan fingerprint density at radius 1 is 1.00 bits per heavy atom. The average molecular weight is 278 g/mol. The largest absolute Gasteiger partial charge is 0.293 e. The van der Waals surface area contributed by atoms with E-state index in [4.69, 9.17) is 0 Å². The Morgan fingerprint density at radius 3 is 2.19 bits per heavy atom. The van der Waals surface area contributed by atoms with Gasteiger partial charge in [0.15, 0.2) is 5.78 Å². The van der Waals surface area contributed by atoms with Crippen LogP contribution in [0.5, 0.6) is 0 Å². The molecule has 2 aromatic rings. The van der Waals surface area contributed by atoms with Crippen molar-refractivity contribution in [3.05, 3.63) is 71.8 Å². The van der Waals surface area contributed by atoms with Crippen LogP contribution in [-0.2, 0) is 4.79 Å². The van der Waals surface area contributed by atoms with Gasteiger partial charge in [-0.3, -0.25) is 9.59 Å². The molecule has 0 bridgehead atoms. The molecule has 1 aliphatic heterocycles. The lowest BCUT2D eigenvalue weighted by Gasteiger charge is -2.10. The molecule has 1 heterocycles. The lowest BCUT2D eigenvalue weighted by Crippen LogP contribution is -2.32. The van der Waals surface area contributed by atoms with Gasteiger partial charge in [-0.15, -0.1) is 0 Å². The van der Waals surface area contributed by atoms with Crippen molar-refractivity contribution in [1.29, 1.82) is 0 Å². The number of rotatable bonds is 3. The second kappa shape index (κ2) is 5.32. The van der Waals surface area contributed by atoms with Gasteiger partial charge >= 0.3 is 0 Å². The smallest absolute Gasteiger partial charge is 0.259 e. The predicted octanol–water partition coefficient (Wildman–Crippen LogP) is 2.36. The summed E-state index contributed by atoms with van der Waals surface area (Å²) in [7, 11) is 1.57. The third-order valence-electron chi connectivity index (χ3n) is 3.49. The van der Waals surface area contributed by atoms with E-state index in [1.54, 1.807) is 31.3 Å². The summed E-state index contributed by atoms with van der Waals surface area (Å²) >= 11 is 0. The van der Waals surface area contributed by atoms with Crippen LogP contribution in [0.4, 0.5) is 0 Å². The van der Waals surface area contributed by atoms with E-state index in [1.807, 2.05) is 36.4 Å². The van der Waals surface area contributed by atoms with Gasteiger partial charge in [-0.1, -0.05) is 60.7 Å². The molecule has 0 radical (unpaired) electrons. The van der Waals surface area contributed by atoms with Crippen molar-refractivity contribution in [3.8, 4) is 0 Å². The van der Waals surface area contributed by atoms with Gasteiger partial charge in [0, 0.05) is 12.6 Å². The van der Waals surface area contributed by atoms with Gasteiger partial charge in [-0.05, 0) is 5.56 Å². The van der Waals surface area contributed by atoms with Crippen LogP contribution in [0.3, 0.4) is 0 Å². The van der Waals surface area contributed by atoms with Gasteiger partial charge in [0.1, 0.15) is 5.92 Å². The van der Waals surface area contributed by atoms with E-state index >= 15 is 0 Å². The van der Waals surface area contributed by atoms with Crippen molar-refractivity contribution >= 4 is 17.4 Å². The molecular weight excluding hydrogens is 264 g/mol. The molecule has 1 amide bonds. The summed E-state index contributed by atoms with van der Waals surface area (Å²) in [5.41, 5.74) is 1.83. The van der Waals surface area contributed by atoms with Crippen molar-refractivity contribution in [2.24, 2.45) is 11.0 Å². The highest BCUT2D eigenvalue weighted by atomic mass is 16.2. The quantitative estimate of drug-likeness (QED) is 0.639. The average Bonchev–Trinajstić information content (AvgIpc) is 2.84. The molecule has 0 fully saturated rings. The third kappa shape index (κ3) is 2.36. The number of hydrogen-bond donors (Lipinski definition) is 0. The molecule has 3 rings (SSSR count). The van der Waals surface area contributed by atoms with E-state index in [1.165, 1.54) is 5.01 Å². The van der Waals surface area contributed by atoms with E-state index in [9.17, 15) is 9.59 Å². The second-order valence-corrected chi connectivity index (χ2v) is 4.88. The summed E-state index contributed by atoms with van der Waals surface area (Å²) in [4.78, 5) is 25.0. The van der Waals surface area contributed by atoms with Crippen LogP contribution in [0.15, 0.2) is 65.8 Å². The Labute approximate surface area is 122 Å². The van der Waals surface area contributed by atoms with Gasteiger partial charge in [0.05, 0.1) is 5.71 Å². The number of ketones is 1. The minimum absolute atomic E-state index is 0.215. The highest BCUT2D eigenvalue weighted by Crippen LogP contribution is 2.23. The maximum atomic E-state index is 12.7. The van der Waals surface area contributed by atoms with Crippen molar-refractivity contribution in [1.82, 2.24) is 5.01 Å². The fourth-order valence-corrected chi connectivity index (χ4v) is 2.41. The molecular formula is C17H14N2O2. The van der Waals surface area contributed by atoms with Gasteiger partial charge in [0.2, 0.25) is 0 Å². The first-order valence-corrected chi connectivity index (χ1v) is 6.69. The van der Waals surface area contributed by atoms with E-state index in [2.05, 4.69) is 5.10 Å². The molecule has 0 unspecified atom stereocenters. The van der Waals surface area contributed by atoms with Crippen LogP contribution in [0.1, 0.15) is 15.9 Å². The third-order valence-corrected chi connectivity index (χ3v) is 3.49. The fourth-order valence-electron chi connectivity index (χ4n) is 2.41. The molecule has 1 aliphatic rings. The first-order chi connectivity index (χ1) is 10.2. The lowest BCUT2D eigenvalue weighted by molar-refractivity contribution is -0.129. The Hall–Kier alpha value is -2.75. The van der Waals surface area contributed by atoms with E-state index in [0.29, 0.717) is 11.3 Å². The monoisotopic (exact) mass is 278 g/mol. The van der Waals surface area contributed by atoms with Crippen LogP contribution in [0.25, 0.3) is 0 Å². The van der Waals surface area contributed by atoms with Gasteiger partial charge in [-0.25, -0.2) is 5.01 Å². The van der Waals surface area contributed by atoms with Gasteiger partial charge in [-0.2, -0.15) is 5.10 Å². The fraction of sp³-hybridized carbons (Fsp3) is 0.118. The minimum Gasteiger partial charge on any atom is -0.293 e. The topological polar surface area (TPSA) is 49.7 Å². The zero-order valence-corrected chi connectivity index (χ0v) is 11.6. The summed E-state index contributed by atoms with van der Waals surface area (Å²) in [6.45, 7) is 0. The van der Waals surface area contributed by atoms with Crippen molar-refractivity contribution in [3.63, 3.8) is 0 Å². The van der Waals surface area contributed by atoms with Crippen LogP contribution in [-0.4, -0.2) is 29.5 Å². The van der Waals surface area contributed by atoms with Crippen molar-refractivity contribution in [2.45, 2.75) is 0 Å². The number of Topliss-reactive ketones (excluding diaryl/α,β-unsaturated/α-hetero) is 1. The van der Waals surface area contributed by atoms with E-state index in [-0.39, 0.29) is 11.7 Å². The Kier molecular flexibility index (Phi) is 3.36. The normalized spacial score (nSPS) is 17.8. The number of benzene rings is 2. The van der Waals surface area contributed by atoms with Crippen LogP contribution >= 0.6 is 0 Å². The molecule has 0 N–H and O–H groups in total. The molecule has 104 valence electrons. The Balaban J connectivity index is 2.02. The molecule has 0 saturated carbocycles. The molecule has 1 atom stereocenters. The van der Waals surface area contributed by atoms with Crippen LogP contribution in [0, 0.1) is 5.92 Å². The Morgan fingerprint density at radius 2 is 1.57 bits per heavy atom. The zero-order valence-electron chi connectivity index (χ0n) is 11.6. The summed E-state index contributed by atoms with van der Waals surface area (Å²) in [5.74, 6) is -1.37. The minimum atomic E-state index is -0.861. The SMILES string of the molecule is CN1N=C(c2ccccc2)[C@H](C(=O)c2ccccc2)C1=O. The highest BCUT2D eigenvalue weighted by Gasteiger charge is 2.40. The summed E-state index contributed by atoms with van der Waals surface area (Å²) in [5, 5.41) is 5.49. The van der Waals surface area contributed by atoms with Gasteiger partial charge in [0.25, 0.3) is 5.91 Å². The van der Waals surface area contributed by atoms with Crippen molar-refractivity contribution in [2.75, 3.05) is 7.05 Å². The standard InChI is InChI=1S/C17H14N2O2/c1-19-17(21)14(16(20)13-10-6-3-7-11-13)15(18-19)12-8-4-2-5-9-12/h2-11,14H,1H3/t14-/m1/s1. The van der Waals surface area contributed by atoms with Crippen LogP contribution in [0.2, 0.25) is 0 Å². The van der Waals surface area contributed by atoms with Crippen molar-refractivity contribution < 1.29 is 9.59 Å². The highest BCUT2D eigenvalue weighted by molar-refractivity contribution is 6.31. The van der Waals surface area contributed by atoms with Crippen LogP contribution < -0.4 is 0 Å². The number of nitrogens with zero attached hydrogens (tertiary/aromatic N) is 2. The molecule has 21 heavy (non-hydrogen) atoms. The first kappa shape index (κ1) is 13.2. The first-order valence-electron chi connectivity index (χ1n) is 6.69. The van der Waals surface area contributed by atoms with Gasteiger partial charge < -0.3 is 0 Å². The maximum absolute atomic E-state index is 12.7. The molecule has 2 aromatic carbocycles.